The first-order valence-electron chi connectivity index (χ1n) is 5.24. The minimum Gasteiger partial charge on any atom is -0.395 e. The summed E-state index contributed by atoms with van der Waals surface area (Å²) in [7, 11) is 2.11. The monoisotopic (exact) mass is 186 g/mol. The van der Waals surface area contributed by atoms with E-state index in [1.807, 2.05) is 0 Å². The van der Waals surface area contributed by atoms with Gasteiger partial charge in [0.2, 0.25) is 0 Å². The third kappa shape index (κ3) is 2.42. The van der Waals surface area contributed by atoms with Gasteiger partial charge in [-0.2, -0.15) is 0 Å². The molecular formula is C10H22N2O. The van der Waals surface area contributed by atoms with Crippen LogP contribution in [0, 0.1) is 5.92 Å². The molecule has 1 rings (SSSR count). The first kappa shape index (κ1) is 11.0. The van der Waals surface area contributed by atoms with E-state index >= 15 is 0 Å². The van der Waals surface area contributed by atoms with E-state index in [2.05, 4.69) is 31.1 Å². The second-order valence-corrected chi connectivity index (χ2v) is 4.09. The van der Waals surface area contributed by atoms with Crippen molar-refractivity contribution in [1.82, 2.24) is 10.2 Å². The normalized spacial score (nSPS) is 31.2. The zero-order valence-corrected chi connectivity index (χ0v) is 8.95. The van der Waals surface area contributed by atoms with Crippen LogP contribution in [-0.4, -0.2) is 48.8 Å². The zero-order valence-electron chi connectivity index (χ0n) is 8.95. The third-order valence-electron chi connectivity index (χ3n) is 3.31. The largest absolute Gasteiger partial charge is 0.395 e. The van der Waals surface area contributed by atoms with Crippen molar-refractivity contribution in [2.75, 3.05) is 26.7 Å². The summed E-state index contributed by atoms with van der Waals surface area (Å²) in [5.41, 5.74) is 0. The van der Waals surface area contributed by atoms with Gasteiger partial charge in [-0.05, 0) is 26.4 Å². The first-order valence-corrected chi connectivity index (χ1v) is 5.24. The van der Waals surface area contributed by atoms with Gasteiger partial charge in [-0.15, -0.1) is 0 Å². The standard InChI is InChI=1S/C10H22N2O/c1-4-9-5-11-6-10(9)12(3)8(2)7-13/h8-11,13H,4-7H2,1-3H3. The van der Waals surface area contributed by atoms with Crippen LogP contribution in [0.25, 0.3) is 0 Å². The minimum absolute atomic E-state index is 0.253. The molecule has 3 atom stereocenters. The Morgan fingerprint density at radius 2 is 2.23 bits per heavy atom. The first-order chi connectivity index (χ1) is 6.20. The van der Waals surface area contributed by atoms with Crippen molar-refractivity contribution < 1.29 is 5.11 Å². The fourth-order valence-corrected chi connectivity index (χ4v) is 2.07. The lowest BCUT2D eigenvalue weighted by atomic mass is 9.99. The highest BCUT2D eigenvalue weighted by molar-refractivity contribution is 4.88. The highest BCUT2D eigenvalue weighted by atomic mass is 16.3. The van der Waals surface area contributed by atoms with E-state index in [4.69, 9.17) is 5.11 Å². The molecule has 2 N–H and O–H groups in total. The minimum atomic E-state index is 0.253. The summed E-state index contributed by atoms with van der Waals surface area (Å²) in [6.45, 7) is 6.76. The van der Waals surface area contributed by atoms with Gasteiger partial charge in [0.1, 0.15) is 0 Å². The molecule has 0 aliphatic carbocycles. The molecule has 13 heavy (non-hydrogen) atoms. The van der Waals surface area contributed by atoms with Crippen LogP contribution in [-0.2, 0) is 0 Å². The van der Waals surface area contributed by atoms with Gasteiger partial charge in [0.25, 0.3) is 0 Å². The maximum absolute atomic E-state index is 9.06. The highest BCUT2D eigenvalue weighted by Crippen LogP contribution is 2.19. The van der Waals surface area contributed by atoms with E-state index in [0.29, 0.717) is 6.04 Å². The Balaban J connectivity index is 2.49. The molecular weight excluding hydrogens is 164 g/mol. The fraction of sp³-hybridized carbons (Fsp3) is 1.00. The van der Waals surface area contributed by atoms with E-state index in [0.717, 1.165) is 19.0 Å². The molecule has 0 saturated carbocycles. The van der Waals surface area contributed by atoms with Crippen molar-refractivity contribution in [1.29, 1.82) is 0 Å². The summed E-state index contributed by atoms with van der Waals surface area (Å²) >= 11 is 0. The van der Waals surface area contributed by atoms with Crippen LogP contribution in [0.1, 0.15) is 20.3 Å². The van der Waals surface area contributed by atoms with E-state index in [-0.39, 0.29) is 12.6 Å². The molecule has 1 heterocycles. The number of nitrogens with one attached hydrogen (secondary N) is 1. The SMILES string of the molecule is CCC1CNCC1N(C)C(C)CO. The molecule has 3 heteroatoms. The van der Waals surface area contributed by atoms with E-state index < -0.39 is 0 Å². The van der Waals surface area contributed by atoms with Crippen molar-refractivity contribution in [3.63, 3.8) is 0 Å². The topological polar surface area (TPSA) is 35.5 Å². The average Bonchev–Trinajstić information content (AvgIpc) is 2.62. The zero-order chi connectivity index (χ0) is 9.84. The molecule has 1 aliphatic heterocycles. The summed E-state index contributed by atoms with van der Waals surface area (Å²) in [4.78, 5) is 2.30. The number of nitrogens with zero attached hydrogens (tertiary/aromatic N) is 1. The Morgan fingerprint density at radius 1 is 1.54 bits per heavy atom. The van der Waals surface area contributed by atoms with Crippen LogP contribution in [0.2, 0.25) is 0 Å². The number of hydrogen-bond acceptors (Lipinski definition) is 3. The number of aliphatic hydroxyl groups is 1. The van der Waals surface area contributed by atoms with Gasteiger partial charge in [0, 0.05) is 18.6 Å². The summed E-state index contributed by atoms with van der Waals surface area (Å²) < 4.78 is 0. The molecule has 0 amide bonds. The maximum Gasteiger partial charge on any atom is 0.0584 e. The summed E-state index contributed by atoms with van der Waals surface area (Å²) in [5, 5.41) is 12.5. The predicted octanol–water partition coefficient (Wildman–Crippen LogP) is 0.297. The number of rotatable bonds is 4. The van der Waals surface area contributed by atoms with Crippen molar-refractivity contribution >= 4 is 0 Å². The van der Waals surface area contributed by atoms with Crippen molar-refractivity contribution in [2.45, 2.75) is 32.4 Å². The van der Waals surface area contributed by atoms with Crippen LogP contribution >= 0.6 is 0 Å². The van der Waals surface area contributed by atoms with E-state index in [1.54, 1.807) is 0 Å². The Hall–Kier alpha value is -0.120. The van der Waals surface area contributed by atoms with Gasteiger partial charge in [0.15, 0.2) is 0 Å². The number of aliphatic hydroxyl groups excluding tert-OH is 1. The van der Waals surface area contributed by atoms with E-state index in [1.165, 1.54) is 6.42 Å². The van der Waals surface area contributed by atoms with Gasteiger partial charge >= 0.3 is 0 Å². The van der Waals surface area contributed by atoms with Gasteiger partial charge < -0.3 is 10.4 Å². The molecule has 1 saturated heterocycles. The lowest BCUT2D eigenvalue weighted by molar-refractivity contribution is 0.107. The molecule has 3 unspecified atom stereocenters. The van der Waals surface area contributed by atoms with Crippen molar-refractivity contribution in [2.24, 2.45) is 5.92 Å². The maximum atomic E-state index is 9.06. The van der Waals surface area contributed by atoms with Crippen LogP contribution in [0.3, 0.4) is 0 Å². The molecule has 1 aliphatic rings. The summed E-state index contributed by atoms with van der Waals surface area (Å²) in [6.07, 6.45) is 1.22. The Labute approximate surface area is 81.1 Å². The molecule has 1 fully saturated rings. The van der Waals surface area contributed by atoms with Crippen LogP contribution in [0.15, 0.2) is 0 Å². The van der Waals surface area contributed by atoms with Crippen molar-refractivity contribution in [3.05, 3.63) is 0 Å². The summed E-state index contributed by atoms with van der Waals surface area (Å²) in [5.74, 6) is 0.749. The average molecular weight is 186 g/mol. The quantitative estimate of drug-likeness (QED) is 0.663. The van der Waals surface area contributed by atoms with E-state index in [9.17, 15) is 0 Å². The molecule has 0 aromatic rings. The summed E-state index contributed by atoms with van der Waals surface area (Å²) in [6, 6.07) is 0.881. The van der Waals surface area contributed by atoms with Gasteiger partial charge in [-0.25, -0.2) is 0 Å². The van der Waals surface area contributed by atoms with Crippen molar-refractivity contribution in [3.8, 4) is 0 Å². The lowest BCUT2D eigenvalue weighted by Crippen LogP contribution is -2.44. The smallest absolute Gasteiger partial charge is 0.0584 e. The molecule has 0 spiro atoms. The number of likely N-dealkylation sites (N-methyl/N-ethyl adjacent to an activating group) is 1. The molecule has 0 bridgehead atoms. The fourth-order valence-electron chi connectivity index (χ4n) is 2.07. The highest BCUT2D eigenvalue weighted by Gasteiger charge is 2.30. The molecule has 78 valence electrons. The van der Waals surface area contributed by atoms with Crippen LogP contribution in [0.4, 0.5) is 0 Å². The predicted molar refractivity (Wildman–Crippen MR) is 54.7 cm³/mol. The Bertz CT molecular complexity index is 152. The number of hydrogen-bond donors (Lipinski definition) is 2. The third-order valence-corrected chi connectivity index (χ3v) is 3.31. The van der Waals surface area contributed by atoms with Crippen LogP contribution < -0.4 is 5.32 Å². The molecule has 0 radical (unpaired) electrons. The second kappa shape index (κ2) is 4.94. The van der Waals surface area contributed by atoms with Gasteiger partial charge in [-0.1, -0.05) is 13.3 Å². The molecule has 0 aromatic heterocycles. The Morgan fingerprint density at radius 3 is 2.77 bits per heavy atom. The van der Waals surface area contributed by atoms with Crippen LogP contribution in [0.5, 0.6) is 0 Å². The van der Waals surface area contributed by atoms with Gasteiger partial charge in [0.05, 0.1) is 6.61 Å². The molecule has 0 aromatic carbocycles. The lowest BCUT2D eigenvalue weighted by Gasteiger charge is -2.32. The van der Waals surface area contributed by atoms with Gasteiger partial charge in [-0.3, -0.25) is 4.90 Å². The molecule has 3 nitrogen and oxygen atoms in total. The Kier molecular flexibility index (Phi) is 4.16. The second-order valence-electron chi connectivity index (χ2n) is 4.09.